The van der Waals surface area contributed by atoms with Gasteiger partial charge in [-0.15, -0.1) is 0 Å². The van der Waals surface area contributed by atoms with Crippen LogP contribution in [-0.2, 0) is 0 Å². The molecule has 0 aromatic carbocycles. The minimum absolute atomic E-state index is 0.469. The number of hydrogen-bond donors (Lipinski definition) is 0. The highest BCUT2D eigenvalue weighted by Crippen LogP contribution is 2.61. The molecular formula is C10H14. The van der Waals surface area contributed by atoms with Gasteiger partial charge < -0.3 is 0 Å². The summed E-state index contributed by atoms with van der Waals surface area (Å²) in [5.41, 5.74) is 3.36. The van der Waals surface area contributed by atoms with E-state index in [1.165, 1.54) is 30.4 Å². The zero-order valence-electron chi connectivity index (χ0n) is 6.61. The van der Waals surface area contributed by atoms with E-state index in [-0.39, 0.29) is 0 Å². The molecule has 0 spiro atoms. The van der Waals surface area contributed by atoms with Gasteiger partial charge in [0.25, 0.3) is 0 Å². The van der Waals surface area contributed by atoms with Crippen LogP contribution in [0, 0.1) is 11.3 Å². The molecule has 0 radical (unpaired) electrons. The van der Waals surface area contributed by atoms with Crippen LogP contribution in [0.4, 0.5) is 0 Å². The van der Waals surface area contributed by atoms with Crippen LogP contribution >= 0.6 is 0 Å². The average Bonchev–Trinajstić information content (AvgIpc) is 2.07. The molecule has 0 aromatic heterocycles. The number of hydrogen-bond acceptors (Lipinski definition) is 0. The van der Waals surface area contributed by atoms with Crippen LogP contribution in [0.1, 0.15) is 26.2 Å². The molecule has 1 unspecified atom stereocenters. The fraction of sp³-hybridized carbons (Fsp3) is 0.600. The van der Waals surface area contributed by atoms with Crippen LogP contribution in [0.5, 0.6) is 0 Å². The molecule has 0 aromatic rings. The molecule has 2 aliphatic rings. The smallest absolute Gasteiger partial charge is 0.00476 e. The van der Waals surface area contributed by atoms with Crippen molar-refractivity contribution in [2.45, 2.75) is 26.2 Å². The van der Waals surface area contributed by atoms with E-state index in [0.29, 0.717) is 5.41 Å². The Labute approximate surface area is 62.6 Å². The standard InChI is InChI=1S/C10H14/c1-7-4-9-5-8(2)10(9,3)6-7/h9H,1-2,4-6H2,3H3/t9?,10-/m0/s1. The van der Waals surface area contributed by atoms with Crippen molar-refractivity contribution >= 4 is 0 Å². The largest absolute Gasteiger partial charge is 0.0998 e. The first-order valence-electron chi connectivity index (χ1n) is 3.98. The molecular weight excluding hydrogens is 120 g/mol. The molecule has 0 amide bonds. The van der Waals surface area contributed by atoms with E-state index in [0.717, 1.165) is 5.92 Å². The van der Waals surface area contributed by atoms with E-state index >= 15 is 0 Å². The molecule has 2 rings (SSSR count). The van der Waals surface area contributed by atoms with E-state index < -0.39 is 0 Å². The molecule has 0 heterocycles. The first-order valence-corrected chi connectivity index (χ1v) is 3.98. The Morgan fingerprint density at radius 1 is 1.40 bits per heavy atom. The Bertz CT molecular complexity index is 212. The Balaban J connectivity index is 2.29. The van der Waals surface area contributed by atoms with Crippen molar-refractivity contribution in [3.63, 3.8) is 0 Å². The van der Waals surface area contributed by atoms with Crippen molar-refractivity contribution < 1.29 is 0 Å². The quantitative estimate of drug-likeness (QED) is 0.447. The van der Waals surface area contributed by atoms with Gasteiger partial charge in [0.15, 0.2) is 0 Å². The van der Waals surface area contributed by atoms with E-state index in [1.807, 2.05) is 0 Å². The lowest BCUT2D eigenvalue weighted by Crippen LogP contribution is -2.34. The lowest BCUT2D eigenvalue weighted by molar-refractivity contribution is 0.188. The maximum Gasteiger partial charge on any atom is -0.00476 e. The van der Waals surface area contributed by atoms with Gasteiger partial charge in [0.05, 0.1) is 0 Å². The highest BCUT2D eigenvalue weighted by molar-refractivity contribution is 5.31. The van der Waals surface area contributed by atoms with E-state index in [2.05, 4.69) is 20.1 Å². The van der Waals surface area contributed by atoms with Gasteiger partial charge in [-0.05, 0) is 30.6 Å². The van der Waals surface area contributed by atoms with E-state index in [9.17, 15) is 0 Å². The predicted octanol–water partition coefficient (Wildman–Crippen LogP) is 2.92. The minimum Gasteiger partial charge on any atom is -0.0998 e. The molecule has 2 saturated carbocycles. The van der Waals surface area contributed by atoms with Gasteiger partial charge >= 0.3 is 0 Å². The van der Waals surface area contributed by atoms with Gasteiger partial charge in [-0.3, -0.25) is 0 Å². The molecule has 0 N–H and O–H groups in total. The maximum atomic E-state index is 4.07. The molecule has 0 bridgehead atoms. The second-order valence-electron chi connectivity index (χ2n) is 4.05. The third-order valence-corrected chi connectivity index (χ3v) is 3.35. The van der Waals surface area contributed by atoms with Crippen LogP contribution in [0.15, 0.2) is 24.3 Å². The van der Waals surface area contributed by atoms with Crippen molar-refractivity contribution in [3.8, 4) is 0 Å². The third-order valence-electron chi connectivity index (χ3n) is 3.35. The highest BCUT2D eigenvalue weighted by atomic mass is 14.5. The SMILES string of the molecule is C=C1CC2CC(=C)[C@]2(C)C1. The van der Waals surface area contributed by atoms with Crippen molar-refractivity contribution in [2.75, 3.05) is 0 Å². The number of allylic oxidation sites excluding steroid dienone is 2. The Kier molecular flexibility index (Phi) is 0.964. The summed E-state index contributed by atoms with van der Waals surface area (Å²) in [5.74, 6) is 0.896. The molecule has 10 heavy (non-hydrogen) atoms. The van der Waals surface area contributed by atoms with Gasteiger partial charge in [0.1, 0.15) is 0 Å². The first kappa shape index (κ1) is 6.21. The maximum absolute atomic E-state index is 4.07. The summed E-state index contributed by atoms with van der Waals surface area (Å²) < 4.78 is 0. The molecule has 2 fully saturated rings. The first-order chi connectivity index (χ1) is 4.63. The van der Waals surface area contributed by atoms with Gasteiger partial charge in [0.2, 0.25) is 0 Å². The Morgan fingerprint density at radius 3 is 2.50 bits per heavy atom. The normalized spacial score (nSPS) is 45.1. The van der Waals surface area contributed by atoms with Gasteiger partial charge in [-0.2, -0.15) is 0 Å². The second kappa shape index (κ2) is 1.55. The molecule has 0 nitrogen and oxygen atoms in total. The lowest BCUT2D eigenvalue weighted by Gasteiger charge is -2.44. The Morgan fingerprint density at radius 2 is 2.10 bits per heavy atom. The molecule has 2 aliphatic carbocycles. The zero-order chi connectivity index (χ0) is 7.35. The number of fused-ring (bicyclic) bond motifs is 1. The zero-order valence-corrected chi connectivity index (χ0v) is 6.61. The van der Waals surface area contributed by atoms with Crippen molar-refractivity contribution in [1.29, 1.82) is 0 Å². The van der Waals surface area contributed by atoms with Gasteiger partial charge in [0, 0.05) is 0 Å². The van der Waals surface area contributed by atoms with Crippen molar-refractivity contribution in [3.05, 3.63) is 24.3 Å². The van der Waals surface area contributed by atoms with Crippen LogP contribution in [0.25, 0.3) is 0 Å². The fourth-order valence-electron chi connectivity index (χ4n) is 2.42. The van der Waals surface area contributed by atoms with Crippen molar-refractivity contribution in [1.82, 2.24) is 0 Å². The summed E-state index contributed by atoms with van der Waals surface area (Å²) in [7, 11) is 0. The van der Waals surface area contributed by atoms with E-state index in [1.54, 1.807) is 0 Å². The monoisotopic (exact) mass is 134 g/mol. The highest BCUT2D eigenvalue weighted by Gasteiger charge is 2.50. The average molecular weight is 134 g/mol. The predicted molar refractivity (Wildman–Crippen MR) is 43.7 cm³/mol. The summed E-state index contributed by atoms with van der Waals surface area (Å²) in [5, 5.41) is 0. The Hall–Kier alpha value is -0.520. The topological polar surface area (TPSA) is 0 Å². The van der Waals surface area contributed by atoms with Crippen molar-refractivity contribution in [2.24, 2.45) is 11.3 Å². The summed E-state index contributed by atoms with van der Waals surface area (Å²) in [6.45, 7) is 10.4. The molecule has 2 atom stereocenters. The molecule has 0 aliphatic heterocycles. The summed E-state index contributed by atoms with van der Waals surface area (Å²) in [6, 6.07) is 0. The summed E-state index contributed by atoms with van der Waals surface area (Å²) in [4.78, 5) is 0. The van der Waals surface area contributed by atoms with E-state index in [4.69, 9.17) is 0 Å². The van der Waals surface area contributed by atoms with Crippen LogP contribution < -0.4 is 0 Å². The van der Waals surface area contributed by atoms with Crippen LogP contribution in [0.3, 0.4) is 0 Å². The minimum atomic E-state index is 0.469. The molecule has 0 saturated heterocycles. The van der Waals surface area contributed by atoms with Gasteiger partial charge in [-0.25, -0.2) is 0 Å². The molecule has 0 heteroatoms. The summed E-state index contributed by atoms with van der Waals surface area (Å²) in [6.07, 6.45) is 3.72. The van der Waals surface area contributed by atoms with Gasteiger partial charge in [-0.1, -0.05) is 31.2 Å². The lowest BCUT2D eigenvalue weighted by atomic mass is 9.60. The third kappa shape index (κ3) is 0.524. The fourth-order valence-corrected chi connectivity index (χ4v) is 2.42. The van der Waals surface area contributed by atoms with Crippen LogP contribution in [-0.4, -0.2) is 0 Å². The molecule has 54 valence electrons. The number of rotatable bonds is 0. The van der Waals surface area contributed by atoms with Crippen LogP contribution in [0.2, 0.25) is 0 Å². The second-order valence-corrected chi connectivity index (χ2v) is 4.05. The summed E-state index contributed by atoms with van der Waals surface area (Å²) >= 11 is 0.